The number of hydrogen-bond donors (Lipinski definition) is 2. The summed E-state index contributed by atoms with van der Waals surface area (Å²) in [7, 11) is 0. The number of aromatic amines is 2. The lowest BCUT2D eigenvalue weighted by atomic mass is 10.2. The molecule has 0 aliphatic rings. The molecule has 0 saturated carbocycles. The molecule has 0 bridgehead atoms. The van der Waals surface area contributed by atoms with Gasteiger partial charge in [0.25, 0.3) is 11.1 Å². The van der Waals surface area contributed by atoms with Crippen molar-refractivity contribution in [2.24, 2.45) is 0 Å². The number of pyridine rings is 1. The first kappa shape index (κ1) is 18.2. The maximum Gasteiger partial charge on any atom is 0.272 e. The predicted molar refractivity (Wildman–Crippen MR) is 108 cm³/mol. The first-order chi connectivity index (χ1) is 14.2. The molecule has 0 fully saturated rings. The van der Waals surface area contributed by atoms with Crippen LogP contribution in [-0.2, 0) is 6.61 Å². The highest BCUT2D eigenvalue weighted by Gasteiger charge is 2.00. The van der Waals surface area contributed by atoms with E-state index in [0.717, 1.165) is 5.56 Å². The first-order valence-electron chi connectivity index (χ1n) is 8.90. The number of nitrogens with one attached hydrogen (secondary N) is 2. The summed E-state index contributed by atoms with van der Waals surface area (Å²) >= 11 is 0. The van der Waals surface area contributed by atoms with E-state index in [1.165, 1.54) is 18.4 Å². The van der Waals surface area contributed by atoms with Gasteiger partial charge in [0, 0.05) is 6.08 Å². The van der Waals surface area contributed by atoms with Crippen LogP contribution in [0, 0.1) is 0 Å². The van der Waals surface area contributed by atoms with Gasteiger partial charge in [0.1, 0.15) is 28.8 Å². The summed E-state index contributed by atoms with van der Waals surface area (Å²) in [5, 5.41) is 0.219. The van der Waals surface area contributed by atoms with Gasteiger partial charge in [0.15, 0.2) is 0 Å². The number of hydrogen-bond acceptors (Lipinski definition) is 5. The molecule has 0 radical (unpaired) electrons. The lowest BCUT2D eigenvalue weighted by molar-refractivity contribution is 0.305. The van der Waals surface area contributed by atoms with E-state index < -0.39 is 11.1 Å². The zero-order valence-corrected chi connectivity index (χ0v) is 15.3. The lowest BCUT2D eigenvalue weighted by Gasteiger charge is -2.05. The molecule has 7 nitrogen and oxygen atoms in total. The number of aromatic nitrogens is 3. The van der Waals surface area contributed by atoms with Crippen LogP contribution in [0.15, 0.2) is 81.1 Å². The molecular weight excluding hydrogens is 370 g/mol. The number of ether oxygens (including phenoxy) is 1. The molecule has 0 amide bonds. The molecule has 4 rings (SSSR count). The highest BCUT2D eigenvalue weighted by Crippen LogP contribution is 2.12. The minimum absolute atomic E-state index is 0.108. The van der Waals surface area contributed by atoms with Gasteiger partial charge in [-0.2, -0.15) is 0 Å². The van der Waals surface area contributed by atoms with E-state index in [-0.39, 0.29) is 10.7 Å². The largest absolute Gasteiger partial charge is 0.487 e. The van der Waals surface area contributed by atoms with Crippen LogP contribution in [-0.4, -0.2) is 15.0 Å². The summed E-state index contributed by atoms with van der Waals surface area (Å²) in [5.41, 5.74) is 0.698. The molecular formula is C22H17N3O4. The smallest absolute Gasteiger partial charge is 0.272 e. The minimum Gasteiger partial charge on any atom is -0.487 e. The van der Waals surface area contributed by atoms with Crippen molar-refractivity contribution in [3.63, 3.8) is 0 Å². The van der Waals surface area contributed by atoms with Crippen LogP contribution >= 0.6 is 0 Å². The Hall–Kier alpha value is -4.13. The fraction of sp³-hybridized carbons (Fsp3) is 0.0455. The van der Waals surface area contributed by atoms with Crippen molar-refractivity contribution < 1.29 is 9.15 Å². The SMILES string of the molecule is O=c1[nH]c(=Cc2ccco2)c(=O)[nH]c1=Cc1ccc(OCc2ccccc2)cn1. The van der Waals surface area contributed by atoms with E-state index in [9.17, 15) is 9.59 Å². The topological polar surface area (TPSA) is 101 Å². The Morgan fingerprint density at radius 3 is 2.31 bits per heavy atom. The molecule has 4 aromatic rings. The van der Waals surface area contributed by atoms with Crippen molar-refractivity contribution in [2.75, 3.05) is 0 Å². The summed E-state index contributed by atoms with van der Waals surface area (Å²) in [4.78, 5) is 33.9. The van der Waals surface area contributed by atoms with Gasteiger partial charge in [-0.1, -0.05) is 30.3 Å². The van der Waals surface area contributed by atoms with E-state index in [2.05, 4.69) is 15.0 Å². The quantitative estimate of drug-likeness (QED) is 0.537. The van der Waals surface area contributed by atoms with Crippen molar-refractivity contribution >= 4 is 12.2 Å². The van der Waals surface area contributed by atoms with Gasteiger partial charge in [-0.05, 0) is 35.9 Å². The average molecular weight is 387 g/mol. The number of benzene rings is 1. The molecule has 0 saturated heterocycles. The van der Waals surface area contributed by atoms with Gasteiger partial charge < -0.3 is 19.1 Å². The molecule has 0 spiro atoms. The van der Waals surface area contributed by atoms with Gasteiger partial charge in [-0.3, -0.25) is 14.6 Å². The molecule has 0 atom stereocenters. The summed E-state index contributed by atoms with van der Waals surface area (Å²) in [6.07, 6.45) is 6.01. The highest BCUT2D eigenvalue weighted by molar-refractivity contribution is 5.44. The zero-order chi connectivity index (χ0) is 20.1. The Kier molecular flexibility index (Phi) is 5.20. The maximum absolute atomic E-state index is 12.3. The highest BCUT2D eigenvalue weighted by atomic mass is 16.5. The normalized spacial score (nSPS) is 12.3. The molecule has 2 N–H and O–H groups in total. The van der Waals surface area contributed by atoms with Crippen molar-refractivity contribution in [3.8, 4) is 5.75 Å². The molecule has 0 unspecified atom stereocenters. The first-order valence-corrected chi connectivity index (χ1v) is 8.90. The second kappa shape index (κ2) is 8.26. The van der Waals surface area contributed by atoms with Crippen molar-refractivity contribution in [1.82, 2.24) is 15.0 Å². The molecule has 3 heterocycles. The van der Waals surface area contributed by atoms with Crippen LogP contribution in [0.2, 0.25) is 0 Å². The van der Waals surface area contributed by atoms with E-state index in [4.69, 9.17) is 9.15 Å². The van der Waals surface area contributed by atoms with Gasteiger partial charge in [0.2, 0.25) is 0 Å². The third-order valence-electron chi connectivity index (χ3n) is 4.12. The fourth-order valence-electron chi connectivity index (χ4n) is 2.66. The second-order valence-corrected chi connectivity index (χ2v) is 6.23. The van der Waals surface area contributed by atoms with Crippen LogP contribution in [0.5, 0.6) is 5.75 Å². The van der Waals surface area contributed by atoms with Gasteiger partial charge >= 0.3 is 0 Å². The summed E-state index contributed by atoms with van der Waals surface area (Å²) < 4.78 is 10.8. The zero-order valence-electron chi connectivity index (χ0n) is 15.3. The predicted octanol–water partition coefficient (Wildman–Crippen LogP) is 1.29. The summed E-state index contributed by atoms with van der Waals surface area (Å²) in [5.74, 6) is 1.08. The van der Waals surface area contributed by atoms with Crippen LogP contribution in [0.4, 0.5) is 0 Å². The van der Waals surface area contributed by atoms with E-state index in [0.29, 0.717) is 23.8 Å². The Bertz CT molecular complexity index is 1320. The third kappa shape index (κ3) is 4.59. The number of H-pyrrole nitrogens is 2. The van der Waals surface area contributed by atoms with Gasteiger partial charge in [0.05, 0.1) is 18.2 Å². The molecule has 1 aromatic carbocycles. The average Bonchev–Trinajstić information content (AvgIpc) is 3.25. The molecule has 144 valence electrons. The van der Waals surface area contributed by atoms with Gasteiger partial charge in [-0.15, -0.1) is 0 Å². The fourth-order valence-corrected chi connectivity index (χ4v) is 2.66. The Labute approximate surface area is 164 Å². The van der Waals surface area contributed by atoms with Gasteiger partial charge in [-0.25, -0.2) is 0 Å². The number of furan rings is 1. The van der Waals surface area contributed by atoms with Crippen LogP contribution < -0.4 is 26.6 Å². The number of rotatable bonds is 5. The standard InChI is InChI=1S/C22H17N3O4/c26-21-19(24-22(27)20(25-21)12-17-7-4-10-28-17)11-16-8-9-18(13-23-16)29-14-15-5-2-1-3-6-15/h1-13H,14H2,(H,24,27)(H,25,26). The molecule has 7 heteroatoms. The maximum atomic E-state index is 12.3. The van der Waals surface area contributed by atoms with Crippen molar-refractivity contribution in [1.29, 1.82) is 0 Å². The van der Waals surface area contributed by atoms with Crippen LogP contribution in [0.1, 0.15) is 17.0 Å². The van der Waals surface area contributed by atoms with E-state index in [1.807, 2.05) is 30.3 Å². The van der Waals surface area contributed by atoms with Crippen LogP contribution in [0.25, 0.3) is 12.2 Å². The minimum atomic E-state index is -0.436. The lowest BCUT2D eigenvalue weighted by Crippen LogP contribution is -2.46. The van der Waals surface area contributed by atoms with Crippen molar-refractivity contribution in [3.05, 3.63) is 115 Å². The summed E-state index contributed by atoms with van der Waals surface area (Å²) in [6, 6.07) is 16.6. The number of nitrogens with zero attached hydrogens (tertiary/aromatic N) is 1. The van der Waals surface area contributed by atoms with E-state index >= 15 is 0 Å². The molecule has 0 aliphatic heterocycles. The second-order valence-electron chi connectivity index (χ2n) is 6.23. The molecule has 3 aromatic heterocycles. The van der Waals surface area contributed by atoms with Crippen LogP contribution in [0.3, 0.4) is 0 Å². The molecule has 0 aliphatic carbocycles. The summed E-state index contributed by atoms with van der Waals surface area (Å²) in [6.45, 7) is 0.437. The Balaban J connectivity index is 1.55. The Morgan fingerprint density at radius 2 is 1.66 bits per heavy atom. The van der Waals surface area contributed by atoms with Crippen molar-refractivity contribution in [2.45, 2.75) is 6.61 Å². The van der Waals surface area contributed by atoms with E-state index in [1.54, 1.807) is 30.5 Å². The third-order valence-corrected chi connectivity index (χ3v) is 4.12. The molecule has 29 heavy (non-hydrogen) atoms. The monoisotopic (exact) mass is 387 g/mol. The Morgan fingerprint density at radius 1 is 0.897 bits per heavy atom.